The minimum Gasteiger partial charge on any atom is -0.334 e. The van der Waals surface area contributed by atoms with E-state index in [2.05, 4.69) is 55.1 Å². The first-order chi connectivity index (χ1) is 11.7. The summed E-state index contributed by atoms with van der Waals surface area (Å²) in [5.41, 5.74) is 4.70. The molecule has 0 spiro atoms. The van der Waals surface area contributed by atoms with Crippen molar-refractivity contribution in [3.63, 3.8) is 0 Å². The van der Waals surface area contributed by atoms with E-state index in [1.54, 1.807) is 0 Å². The van der Waals surface area contributed by atoms with Gasteiger partial charge in [-0.1, -0.05) is 50.2 Å². The van der Waals surface area contributed by atoms with Crippen molar-refractivity contribution in [2.75, 3.05) is 19.6 Å². The molecule has 0 bridgehead atoms. The molecule has 0 fully saturated rings. The van der Waals surface area contributed by atoms with Crippen LogP contribution in [-0.4, -0.2) is 35.3 Å². The Labute approximate surface area is 144 Å². The van der Waals surface area contributed by atoms with Gasteiger partial charge in [0.2, 0.25) is 0 Å². The highest BCUT2D eigenvalue weighted by atomic mass is 16.2. The molecule has 3 rings (SSSR count). The lowest BCUT2D eigenvalue weighted by Crippen LogP contribution is -2.35. The van der Waals surface area contributed by atoms with Gasteiger partial charge in [-0.25, -0.2) is 0 Å². The molecule has 3 nitrogen and oxygen atoms in total. The third-order valence-electron chi connectivity index (χ3n) is 4.92. The van der Waals surface area contributed by atoms with Crippen LogP contribution in [0.1, 0.15) is 40.9 Å². The van der Waals surface area contributed by atoms with Gasteiger partial charge in [-0.05, 0) is 48.3 Å². The van der Waals surface area contributed by atoms with Gasteiger partial charge in [0.05, 0.1) is 0 Å². The highest BCUT2D eigenvalue weighted by Gasteiger charge is 2.21. The predicted octanol–water partition coefficient (Wildman–Crippen LogP) is 3.73. The first kappa shape index (κ1) is 16.7. The fraction of sp³-hybridized carbons (Fsp3) is 0.381. The fourth-order valence-corrected chi connectivity index (χ4v) is 3.31. The van der Waals surface area contributed by atoms with Crippen LogP contribution in [0.4, 0.5) is 0 Å². The molecule has 0 saturated heterocycles. The van der Waals surface area contributed by atoms with Crippen molar-refractivity contribution < 1.29 is 4.79 Å². The van der Waals surface area contributed by atoms with E-state index in [-0.39, 0.29) is 5.91 Å². The zero-order chi connectivity index (χ0) is 16.9. The van der Waals surface area contributed by atoms with Crippen LogP contribution in [0.3, 0.4) is 0 Å². The maximum atomic E-state index is 12.8. The fourth-order valence-electron chi connectivity index (χ4n) is 3.31. The number of rotatable bonds is 5. The maximum absolute atomic E-state index is 12.8. The molecule has 0 unspecified atom stereocenters. The van der Waals surface area contributed by atoms with E-state index in [4.69, 9.17) is 0 Å². The molecule has 0 radical (unpaired) electrons. The first-order valence-corrected chi connectivity index (χ1v) is 8.88. The van der Waals surface area contributed by atoms with Crippen molar-refractivity contribution in [1.29, 1.82) is 0 Å². The summed E-state index contributed by atoms with van der Waals surface area (Å²) in [5.74, 6) is 0.138. The van der Waals surface area contributed by atoms with Gasteiger partial charge in [-0.3, -0.25) is 9.69 Å². The summed E-state index contributed by atoms with van der Waals surface area (Å²) in [6.45, 7) is 8.91. The topological polar surface area (TPSA) is 23.6 Å². The number of amides is 1. The Hall–Kier alpha value is -2.13. The van der Waals surface area contributed by atoms with Gasteiger partial charge < -0.3 is 4.90 Å². The van der Waals surface area contributed by atoms with Crippen LogP contribution in [0.25, 0.3) is 0 Å². The second-order valence-corrected chi connectivity index (χ2v) is 6.40. The lowest BCUT2D eigenvalue weighted by Gasteiger charge is -2.29. The van der Waals surface area contributed by atoms with Gasteiger partial charge in [0, 0.05) is 25.2 Å². The average molecular weight is 322 g/mol. The molecule has 0 aromatic heterocycles. The average Bonchev–Trinajstić information content (AvgIpc) is 2.65. The maximum Gasteiger partial charge on any atom is 0.254 e. The van der Waals surface area contributed by atoms with E-state index in [1.165, 1.54) is 16.7 Å². The standard InChI is InChI=1S/C21H26N2O/c1-3-22(4-2)15-17-9-11-19(12-10-17)21(24)23-14-13-18-7-5-6-8-20(18)16-23/h5-12H,3-4,13-16H2,1-2H3. The zero-order valence-electron chi connectivity index (χ0n) is 14.7. The SMILES string of the molecule is CCN(CC)Cc1ccc(C(=O)N2CCc3ccccc3C2)cc1. The zero-order valence-corrected chi connectivity index (χ0v) is 14.7. The lowest BCUT2D eigenvalue weighted by atomic mass is 9.99. The lowest BCUT2D eigenvalue weighted by molar-refractivity contribution is 0.0734. The highest BCUT2D eigenvalue weighted by Crippen LogP contribution is 2.20. The molecule has 1 amide bonds. The Morgan fingerprint density at radius 3 is 2.33 bits per heavy atom. The third kappa shape index (κ3) is 3.68. The molecule has 1 aliphatic heterocycles. The summed E-state index contributed by atoms with van der Waals surface area (Å²) in [6.07, 6.45) is 0.946. The summed E-state index contributed by atoms with van der Waals surface area (Å²) in [6, 6.07) is 16.5. The molecular formula is C21H26N2O. The van der Waals surface area contributed by atoms with E-state index in [9.17, 15) is 4.79 Å². The summed E-state index contributed by atoms with van der Waals surface area (Å²) in [4.78, 5) is 17.1. The van der Waals surface area contributed by atoms with E-state index in [0.29, 0.717) is 0 Å². The summed E-state index contributed by atoms with van der Waals surface area (Å²) in [7, 11) is 0. The second-order valence-electron chi connectivity index (χ2n) is 6.40. The number of carbonyl (C=O) groups is 1. The number of hydrogen-bond acceptors (Lipinski definition) is 2. The number of benzene rings is 2. The molecule has 0 atom stereocenters. The van der Waals surface area contributed by atoms with E-state index in [0.717, 1.165) is 44.7 Å². The van der Waals surface area contributed by atoms with Crippen molar-refractivity contribution in [3.05, 3.63) is 70.8 Å². The van der Waals surface area contributed by atoms with E-state index >= 15 is 0 Å². The molecule has 24 heavy (non-hydrogen) atoms. The molecule has 2 aromatic carbocycles. The Bertz CT molecular complexity index is 689. The molecule has 0 N–H and O–H groups in total. The van der Waals surface area contributed by atoms with Crippen molar-refractivity contribution in [2.45, 2.75) is 33.4 Å². The smallest absolute Gasteiger partial charge is 0.254 e. The van der Waals surface area contributed by atoms with Crippen LogP contribution in [0, 0.1) is 0 Å². The quantitative estimate of drug-likeness (QED) is 0.837. The number of nitrogens with zero attached hydrogens (tertiary/aromatic N) is 2. The van der Waals surface area contributed by atoms with Gasteiger partial charge in [-0.15, -0.1) is 0 Å². The van der Waals surface area contributed by atoms with Crippen LogP contribution in [0.2, 0.25) is 0 Å². The van der Waals surface area contributed by atoms with Crippen molar-refractivity contribution in [3.8, 4) is 0 Å². The molecule has 3 heteroatoms. The van der Waals surface area contributed by atoms with Crippen molar-refractivity contribution in [1.82, 2.24) is 9.80 Å². The summed E-state index contributed by atoms with van der Waals surface area (Å²) < 4.78 is 0. The van der Waals surface area contributed by atoms with Crippen LogP contribution in [-0.2, 0) is 19.5 Å². The van der Waals surface area contributed by atoms with Crippen LogP contribution in [0.15, 0.2) is 48.5 Å². The Morgan fingerprint density at radius 2 is 1.67 bits per heavy atom. The Morgan fingerprint density at radius 1 is 1.00 bits per heavy atom. The van der Waals surface area contributed by atoms with Crippen LogP contribution in [0.5, 0.6) is 0 Å². The number of carbonyl (C=O) groups excluding carboxylic acids is 1. The molecule has 2 aromatic rings. The van der Waals surface area contributed by atoms with E-state index < -0.39 is 0 Å². The first-order valence-electron chi connectivity index (χ1n) is 8.88. The molecule has 0 aliphatic carbocycles. The van der Waals surface area contributed by atoms with Crippen molar-refractivity contribution in [2.24, 2.45) is 0 Å². The van der Waals surface area contributed by atoms with Crippen LogP contribution >= 0.6 is 0 Å². The highest BCUT2D eigenvalue weighted by molar-refractivity contribution is 5.94. The molecule has 126 valence electrons. The predicted molar refractivity (Wildman–Crippen MR) is 98.0 cm³/mol. The monoisotopic (exact) mass is 322 g/mol. The minimum absolute atomic E-state index is 0.138. The van der Waals surface area contributed by atoms with Crippen LogP contribution < -0.4 is 0 Å². The third-order valence-corrected chi connectivity index (χ3v) is 4.92. The Balaban J connectivity index is 1.67. The molecule has 0 saturated carbocycles. The van der Waals surface area contributed by atoms with Gasteiger partial charge in [0.25, 0.3) is 5.91 Å². The molecule has 1 aliphatic rings. The van der Waals surface area contributed by atoms with Gasteiger partial charge >= 0.3 is 0 Å². The number of hydrogen-bond donors (Lipinski definition) is 0. The largest absolute Gasteiger partial charge is 0.334 e. The minimum atomic E-state index is 0.138. The van der Waals surface area contributed by atoms with E-state index in [1.807, 2.05) is 17.0 Å². The van der Waals surface area contributed by atoms with Gasteiger partial charge in [-0.2, -0.15) is 0 Å². The normalized spacial score (nSPS) is 13.9. The second kappa shape index (κ2) is 7.63. The summed E-state index contributed by atoms with van der Waals surface area (Å²) >= 11 is 0. The van der Waals surface area contributed by atoms with Gasteiger partial charge in [0.1, 0.15) is 0 Å². The number of fused-ring (bicyclic) bond motifs is 1. The van der Waals surface area contributed by atoms with Crippen molar-refractivity contribution >= 4 is 5.91 Å². The van der Waals surface area contributed by atoms with Gasteiger partial charge in [0.15, 0.2) is 0 Å². The molecule has 1 heterocycles. The summed E-state index contributed by atoms with van der Waals surface area (Å²) in [5, 5.41) is 0. The molecular weight excluding hydrogens is 296 g/mol. The Kier molecular flexibility index (Phi) is 5.31.